The van der Waals surface area contributed by atoms with E-state index in [2.05, 4.69) is 30.3 Å². The van der Waals surface area contributed by atoms with Crippen LogP contribution in [0.25, 0.3) is 32.3 Å². The molecule has 1 heterocycles. The number of hydrogen-bond donors (Lipinski definition) is 2. The molecule has 6 aromatic carbocycles. The average molecular weight is 440 g/mol. The summed E-state index contributed by atoms with van der Waals surface area (Å²) in [4.78, 5) is 0. The van der Waals surface area contributed by atoms with Crippen molar-refractivity contribution in [2.45, 2.75) is 5.92 Å². The van der Waals surface area contributed by atoms with Crippen molar-refractivity contribution < 1.29 is 14.9 Å². The van der Waals surface area contributed by atoms with E-state index in [-0.39, 0.29) is 11.5 Å². The van der Waals surface area contributed by atoms with E-state index in [0.29, 0.717) is 22.6 Å². The molecule has 0 atom stereocenters. The lowest BCUT2D eigenvalue weighted by Gasteiger charge is -2.32. The van der Waals surface area contributed by atoms with Crippen LogP contribution in [-0.2, 0) is 0 Å². The lowest BCUT2D eigenvalue weighted by Crippen LogP contribution is -2.13. The van der Waals surface area contributed by atoms with E-state index in [0.717, 1.165) is 37.9 Å². The van der Waals surface area contributed by atoms with E-state index < -0.39 is 5.92 Å². The maximum Gasteiger partial charge on any atom is 0.143 e. The fraction of sp³-hybridized carbons (Fsp3) is 0.0323. The summed E-state index contributed by atoms with van der Waals surface area (Å²) < 4.78 is 6.58. The Hall–Kier alpha value is -4.50. The van der Waals surface area contributed by atoms with Crippen LogP contribution in [0.1, 0.15) is 22.6 Å². The van der Waals surface area contributed by atoms with Crippen molar-refractivity contribution in [1.82, 2.24) is 0 Å². The van der Waals surface area contributed by atoms with Crippen molar-refractivity contribution in [2.24, 2.45) is 0 Å². The van der Waals surface area contributed by atoms with Crippen molar-refractivity contribution in [2.75, 3.05) is 0 Å². The van der Waals surface area contributed by atoms with Gasteiger partial charge in [-0.25, -0.2) is 0 Å². The van der Waals surface area contributed by atoms with Gasteiger partial charge in [0.05, 0.1) is 0 Å². The minimum Gasteiger partial charge on any atom is -0.507 e. The first-order valence-corrected chi connectivity index (χ1v) is 11.3. The monoisotopic (exact) mass is 440 g/mol. The van der Waals surface area contributed by atoms with Gasteiger partial charge in [0, 0.05) is 27.8 Å². The second kappa shape index (κ2) is 7.00. The van der Waals surface area contributed by atoms with Crippen LogP contribution in [-0.4, -0.2) is 10.2 Å². The van der Waals surface area contributed by atoms with Crippen LogP contribution in [0.2, 0.25) is 0 Å². The Morgan fingerprint density at radius 2 is 1.00 bits per heavy atom. The number of fused-ring (bicyclic) bond motifs is 7. The molecule has 3 heteroatoms. The molecule has 0 spiro atoms. The van der Waals surface area contributed by atoms with Gasteiger partial charge in [0.15, 0.2) is 0 Å². The molecule has 0 amide bonds. The molecule has 1 aliphatic rings. The molecular formula is C31H20O3. The first kappa shape index (κ1) is 19.0. The van der Waals surface area contributed by atoms with E-state index in [1.54, 1.807) is 12.1 Å². The summed E-state index contributed by atoms with van der Waals surface area (Å²) in [6.45, 7) is 0. The minimum atomic E-state index is -0.391. The highest BCUT2D eigenvalue weighted by molar-refractivity contribution is 5.98. The fourth-order valence-electron chi connectivity index (χ4n) is 5.38. The summed E-state index contributed by atoms with van der Waals surface area (Å²) in [5.41, 5.74) is 2.33. The zero-order chi connectivity index (χ0) is 22.8. The van der Waals surface area contributed by atoms with Crippen molar-refractivity contribution >= 4 is 32.3 Å². The molecular weight excluding hydrogens is 420 g/mol. The highest BCUT2D eigenvalue weighted by atomic mass is 16.5. The van der Waals surface area contributed by atoms with Gasteiger partial charge in [-0.1, -0.05) is 91.0 Å². The van der Waals surface area contributed by atoms with Crippen LogP contribution < -0.4 is 4.74 Å². The number of aromatic hydroxyl groups is 2. The Balaban J connectivity index is 1.62. The van der Waals surface area contributed by atoms with Crippen molar-refractivity contribution in [1.29, 1.82) is 0 Å². The highest BCUT2D eigenvalue weighted by Gasteiger charge is 2.36. The molecule has 0 aromatic heterocycles. The van der Waals surface area contributed by atoms with Gasteiger partial charge in [-0.2, -0.15) is 0 Å². The molecule has 6 aromatic rings. The topological polar surface area (TPSA) is 49.7 Å². The number of rotatable bonds is 1. The molecule has 1 aliphatic heterocycles. The second-order valence-electron chi connectivity index (χ2n) is 8.86. The van der Waals surface area contributed by atoms with Gasteiger partial charge in [-0.3, -0.25) is 0 Å². The Kier molecular flexibility index (Phi) is 3.91. The second-order valence-corrected chi connectivity index (χ2v) is 8.86. The molecule has 0 saturated carbocycles. The third-order valence-electron chi connectivity index (χ3n) is 6.92. The van der Waals surface area contributed by atoms with Crippen LogP contribution in [0.4, 0.5) is 0 Å². The molecule has 2 N–H and O–H groups in total. The van der Waals surface area contributed by atoms with Gasteiger partial charge in [-0.15, -0.1) is 0 Å². The maximum atomic E-state index is 11.3. The molecule has 0 radical (unpaired) electrons. The number of hydrogen-bond acceptors (Lipinski definition) is 3. The Labute approximate surface area is 196 Å². The molecule has 0 aliphatic carbocycles. The van der Waals surface area contributed by atoms with Crippen LogP contribution in [0.5, 0.6) is 23.0 Å². The Morgan fingerprint density at radius 3 is 1.59 bits per heavy atom. The summed E-state index contributed by atoms with van der Waals surface area (Å²) >= 11 is 0. The van der Waals surface area contributed by atoms with E-state index in [9.17, 15) is 10.2 Å². The van der Waals surface area contributed by atoms with Gasteiger partial charge < -0.3 is 14.9 Å². The number of phenols is 2. The van der Waals surface area contributed by atoms with Crippen LogP contribution in [0.3, 0.4) is 0 Å². The molecule has 34 heavy (non-hydrogen) atoms. The molecule has 0 saturated heterocycles. The molecule has 0 bridgehead atoms. The summed E-state index contributed by atoms with van der Waals surface area (Å²) in [5, 5.41) is 28.5. The molecule has 3 nitrogen and oxygen atoms in total. The summed E-state index contributed by atoms with van der Waals surface area (Å²) in [7, 11) is 0. The predicted octanol–water partition coefficient (Wildman–Crippen LogP) is 7.84. The Bertz CT molecular complexity index is 1680. The van der Waals surface area contributed by atoms with E-state index in [1.165, 1.54) is 0 Å². The highest BCUT2D eigenvalue weighted by Crippen LogP contribution is 2.57. The zero-order valence-electron chi connectivity index (χ0n) is 18.2. The van der Waals surface area contributed by atoms with Crippen molar-refractivity contribution in [3.63, 3.8) is 0 Å². The summed E-state index contributed by atoms with van der Waals surface area (Å²) in [5.74, 6) is 1.20. The largest absolute Gasteiger partial charge is 0.507 e. The molecule has 0 fully saturated rings. The van der Waals surface area contributed by atoms with Crippen LogP contribution in [0, 0.1) is 0 Å². The third kappa shape index (κ3) is 2.64. The fourth-order valence-corrected chi connectivity index (χ4v) is 5.38. The SMILES string of the molecule is Oc1cc2ccccc2c2c1C(c1ccc3ccccc3c1)c1c(O)cc3ccccc3c1O2. The van der Waals surface area contributed by atoms with E-state index in [1.807, 2.05) is 60.7 Å². The van der Waals surface area contributed by atoms with Crippen LogP contribution in [0.15, 0.2) is 103 Å². The van der Waals surface area contributed by atoms with E-state index >= 15 is 0 Å². The van der Waals surface area contributed by atoms with Gasteiger partial charge in [0.1, 0.15) is 23.0 Å². The van der Waals surface area contributed by atoms with Crippen LogP contribution >= 0.6 is 0 Å². The smallest absolute Gasteiger partial charge is 0.143 e. The van der Waals surface area contributed by atoms with Gasteiger partial charge >= 0.3 is 0 Å². The third-order valence-corrected chi connectivity index (χ3v) is 6.92. The number of phenolic OH excluding ortho intramolecular Hbond substituents is 2. The molecule has 7 rings (SSSR count). The van der Waals surface area contributed by atoms with Gasteiger partial charge in [0.2, 0.25) is 0 Å². The number of ether oxygens (including phenoxy) is 1. The first-order valence-electron chi connectivity index (χ1n) is 11.3. The Morgan fingerprint density at radius 1 is 0.500 bits per heavy atom. The normalized spacial score (nSPS) is 13.1. The zero-order valence-corrected chi connectivity index (χ0v) is 18.2. The first-order chi connectivity index (χ1) is 16.7. The lowest BCUT2D eigenvalue weighted by molar-refractivity contribution is 0.417. The number of benzene rings is 6. The quantitative estimate of drug-likeness (QED) is 0.273. The lowest BCUT2D eigenvalue weighted by atomic mass is 9.79. The van der Waals surface area contributed by atoms with Gasteiger partial charge in [0.25, 0.3) is 0 Å². The standard InChI is InChI=1S/C31H20O3/c32-25-16-20-9-3-5-11-23(20)30-28(25)27(22-14-13-18-7-1-2-8-19(18)15-22)29-26(33)17-21-10-4-6-12-24(21)31(29)34-30/h1-17,27,32-33H. The van der Waals surface area contributed by atoms with Crippen molar-refractivity contribution in [3.05, 3.63) is 120 Å². The summed E-state index contributed by atoms with van der Waals surface area (Å²) in [6.07, 6.45) is 0. The van der Waals surface area contributed by atoms with Gasteiger partial charge in [-0.05, 0) is 39.2 Å². The predicted molar refractivity (Wildman–Crippen MR) is 136 cm³/mol. The summed E-state index contributed by atoms with van der Waals surface area (Å²) in [6, 6.07) is 33.9. The van der Waals surface area contributed by atoms with Crippen molar-refractivity contribution in [3.8, 4) is 23.0 Å². The van der Waals surface area contributed by atoms with E-state index in [4.69, 9.17) is 4.74 Å². The molecule has 162 valence electrons. The molecule has 0 unspecified atom stereocenters. The minimum absolute atomic E-state index is 0.157. The average Bonchev–Trinajstić information content (AvgIpc) is 2.87. The maximum absolute atomic E-state index is 11.3.